The topological polar surface area (TPSA) is 249 Å². The monoisotopic (exact) mass is 866 g/mol. The highest BCUT2D eigenvalue weighted by Gasteiger charge is 2.37. The van der Waals surface area contributed by atoms with E-state index in [4.69, 9.17) is 33.2 Å². The van der Waals surface area contributed by atoms with E-state index >= 15 is 0 Å². The van der Waals surface area contributed by atoms with Crippen LogP contribution in [0.5, 0.6) is 0 Å². The van der Waals surface area contributed by atoms with Gasteiger partial charge in [-0.3, -0.25) is 19.2 Å². The van der Waals surface area contributed by atoms with E-state index < -0.39 is 58.9 Å². The summed E-state index contributed by atoms with van der Waals surface area (Å²) in [5.41, 5.74) is -1.23. The number of hydrogen-bond acceptors (Lipinski definition) is 15. The third-order valence-electron chi connectivity index (χ3n) is 11.5. The molecule has 4 saturated heterocycles. The van der Waals surface area contributed by atoms with Gasteiger partial charge in [0.25, 0.3) is 0 Å². The quantitative estimate of drug-likeness (QED) is 0.0453. The van der Waals surface area contributed by atoms with E-state index in [-0.39, 0.29) is 89.0 Å². The average Bonchev–Trinajstić information content (AvgIpc) is 4.08. The van der Waals surface area contributed by atoms with Crippen LogP contribution in [0.4, 0.5) is 0 Å². The van der Waals surface area contributed by atoms with Crippen LogP contribution in [0.3, 0.4) is 0 Å². The van der Waals surface area contributed by atoms with Crippen molar-refractivity contribution < 1.29 is 71.5 Å². The molecule has 0 aromatic rings. The Balaban J connectivity index is 1.44. The van der Waals surface area contributed by atoms with Gasteiger partial charge in [0, 0.05) is 49.7 Å². The van der Waals surface area contributed by atoms with E-state index in [1.54, 1.807) is 0 Å². The van der Waals surface area contributed by atoms with Gasteiger partial charge < -0.3 is 54.4 Å². The molecule has 4 aliphatic rings. The summed E-state index contributed by atoms with van der Waals surface area (Å²) in [5, 5.41) is 10.5. The lowest BCUT2D eigenvalue weighted by Gasteiger charge is -2.38. The van der Waals surface area contributed by atoms with Gasteiger partial charge in [-0.2, -0.15) is 0 Å². The molecule has 4 atom stereocenters. The van der Waals surface area contributed by atoms with Crippen LogP contribution in [-0.4, -0.2) is 138 Å². The predicted molar refractivity (Wildman–Crippen MR) is 214 cm³/mol. The molecule has 19 nitrogen and oxygen atoms in total. The molecular formula is C42H66N4O15. The molecule has 0 saturated carbocycles. The minimum atomic E-state index is -0.666. The second kappa shape index (κ2) is 25.5. The Morgan fingerprint density at radius 1 is 0.443 bits per heavy atom. The Morgan fingerprint density at radius 3 is 0.902 bits per heavy atom. The molecule has 0 aliphatic carbocycles. The lowest BCUT2D eigenvalue weighted by atomic mass is 9.79. The highest BCUT2D eigenvalue weighted by molar-refractivity contribution is 5.89. The van der Waals surface area contributed by atoms with Crippen molar-refractivity contribution in [2.24, 2.45) is 10.8 Å². The second-order valence-corrected chi connectivity index (χ2v) is 16.5. The molecule has 4 N–H and O–H groups in total. The van der Waals surface area contributed by atoms with Gasteiger partial charge >= 0.3 is 23.9 Å². The molecule has 0 aromatic heterocycles. The van der Waals surface area contributed by atoms with Gasteiger partial charge in [-0.25, -0.2) is 19.2 Å². The smallest absolute Gasteiger partial charge is 0.328 e. The van der Waals surface area contributed by atoms with E-state index in [2.05, 4.69) is 21.3 Å². The molecule has 4 heterocycles. The third-order valence-corrected chi connectivity index (χ3v) is 11.5. The fourth-order valence-electron chi connectivity index (χ4n) is 8.08. The number of hydrogen-bond donors (Lipinski definition) is 4. The van der Waals surface area contributed by atoms with Crippen LogP contribution in [0.1, 0.15) is 117 Å². The largest absolute Gasteiger partial charge is 0.464 e. The van der Waals surface area contributed by atoms with E-state index in [1.165, 1.54) is 0 Å². The summed E-state index contributed by atoms with van der Waals surface area (Å²) < 4.78 is 40.9. The van der Waals surface area contributed by atoms with Gasteiger partial charge in [0.05, 0.1) is 52.9 Å². The zero-order valence-electron chi connectivity index (χ0n) is 35.8. The van der Waals surface area contributed by atoms with Crippen molar-refractivity contribution in [1.82, 2.24) is 21.3 Å². The number of ether oxygens (including phenoxy) is 7. The Kier molecular flexibility index (Phi) is 20.6. The summed E-state index contributed by atoms with van der Waals surface area (Å²) in [4.78, 5) is 97.2. The standard InChI is InChI=1S/C42H66N4O15/c1-3-55-25-41(17-5-21-58-37(51)29-9-13-33(47)43-29,18-6-22-59-38(52)30-10-14-34(48)44-30)27-57-28-42(26-56-4-2,19-7-23-60-39(53)31-11-15-35(49)45-31)20-8-24-61-40(54)32-12-16-36(50)46-32/h29-32H,3-28H2,1-2H3,(H,43,47)(H,44,48)(H,45,49)(H,46,50). The van der Waals surface area contributed by atoms with Crippen LogP contribution < -0.4 is 21.3 Å². The first-order valence-electron chi connectivity index (χ1n) is 21.9. The highest BCUT2D eigenvalue weighted by atomic mass is 16.5. The summed E-state index contributed by atoms with van der Waals surface area (Å²) >= 11 is 0. The molecule has 0 radical (unpaired) electrons. The first-order chi connectivity index (χ1) is 29.4. The molecule has 344 valence electrons. The molecule has 4 rings (SSSR count). The second-order valence-electron chi connectivity index (χ2n) is 16.5. The molecule has 0 spiro atoms. The summed E-state index contributed by atoms with van der Waals surface area (Å²) in [6.45, 7) is 6.07. The first kappa shape index (κ1) is 49.3. The average molecular weight is 867 g/mol. The number of rotatable bonds is 30. The lowest BCUT2D eigenvalue weighted by Crippen LogP contribution is -2.39. The van der Waals surface area contributed by atoms with Crippen LogP contribution in [-0.2, 0) is 71.5 Å². The predicted octanol–water partition coefficient (Wildman–Crippen LogP) is 1.46. The van der Waals surface area contributed by atoms with E-state index in [0.717, 1.165) is 0 Å². The molecule has 0 bridgehead atoms. The summed E-state index contributed by atoms with van der Waals surface area (Å²) in [7, 11) is 0. The minimum absolute atomic E-state index is 0.107. The Morgan fingerprint density at radius 2 is 0.689 bits per heavy atom. The summed E-state index contributed by atoms with van der Waals surface area (Å²) in [6.07, 6.45) is 6.53. The maximum absolute atomic E-state index is 12.6. The normalized spacial score (nSPS) is 23.0. The molecule has 61 heavy (non-hydrogen) atoms. The molecule has 0 aromatic carbocycles. The molecule has 4 aliphatic heterocycles. The van der Waals surface area contributed by atoms with E-state index in [0.29, 0.717) is 103 Å². The zero-order chi connectivity index (χ0) is 44.1. The van der Waals surface area contributed by atoms with Gasteiger partial charge in [-0.05, 0) is 90.9 Å². The van der Waals surface area contributed by atoms with Crippen molar-refractivity contribution in [3.05, 3.63) is 0 Å². The fraction of sp³-hybridized carbons (Fsp3) is 0.810. The zero-order valence-corrected chi connectivity index (χ0v) is 35.8. The number of amides is 4. The third kappa shape index (κ3) is 16.8. The van der Waals surface area contributed by atoms with E-state index in [9.17, 15) is 38.4 Å². The van der Waals surface area contributed by atoms with Crippen LogP contribution in [0.2, 0.25) is 0 Å². The number of carbonyl (C=O) groups excluding carboxylic acids is 8. The maximum atomic E-state index is 12.6. The van der Waals surface area contributed by atoms with Crippen LogP contribution in [0, 0.1) is 10.8 Å². The highest BCUT2D eigenvalue weighted by Crippen LogP contribution is 2.36. The first-order valence-corrected chi connectivity index (χ1v) is 21.9. The number of carbonyl (C=O) groups is 8. The Bertz CT molecular complexity index is 1310. The van der Waals surface area contributed by atoms with Gasteiger partial charge in [-0.1, -0.05) is 0 Å². The molecule has 4 fully saturated rings. The van der Waals surface area contributed by atoms with Crippen molar-refractivity contribution in [3.8, 4) is 0 Å². The molecule has 4 amide bonds. The number of nitrogens with one attached hydrogen (secondary N) is 4. The van der Waals surface area contributed by atoms with Gasteiger partial charge in [-0.15, -0.1) is 0 Å². The van der Waals surface area contributed by atoms with Gasteiger partial charge in [0.1, 0.15) is 24.2 Å². The number of esters is 4. The van der Waals surface area contributed by atoms with E-state index in [1.807, 2.05) is 13.8 Å². The van der Waals surface area contributed by atoms with Gasteiger partial charge in [0.15, 0.2) is 0 Å². The summed E-state index contributed by atoms with van der Waals surface area (Å²) in [6, 6.07) is -2.66. The van der Waals surface area contributed by atoms with Crippen LogP contribution in [0.15, 0.2) is 0 Å². The molecule has 4 unspecified atom stereocenters. The molecular weight excluding hydrogens is 800 g/mol. The Hall–Kier alpha value is -4.36. The Labute approximate surface area is 357 Å². The van der Waals surface area contributed by atoms with Crippen molar-refractivity contribution in [2.45, 2.75) is 141 Å². The molecule has 19 heteroatoms. The van der Waals surface area contributed by atoms with Crippen molar-refractivity contribution in [2.75, 3.05) is 66.1 Å². The van der Waals surface area contributed by atoms with Crippen LogP contribution >= 0.6 is 0 Å². The summed E-state index contributed by atoms with van der Waals surface area (Å²) in [5.74, 6) is -2.69. The maximum Gasteiger partial charge on any atom is 0.328 e. The van der Waals surface area contributed by atoms with Crippen LogP contribution in [0.25, 0.3) is 0 Å². The van der Waals surface area contributed by atoms with Crippen molar-refractivity contribution in [3.63, 3.8) is 0 Å². The van der Waals surface area contributed by atoms with Crippen molar-refractivity contribution in [1.29, 1.82) is 0 Å². The minimum Gasteiger partial charge on any atom is -0.464 e. The fourth-order valence-corrected chi connectivity index (χ4v) is 8.08. The van der Waals surface area contributed by atoms with Gasteiger partial charge in [0.2, 0.25) is 23.6 Å². The van der Waals surface area contributed by atoms with Crippen molar-refractivity contribution >= 4 is 47.5 Å². The lowest BCUT2D eigenvalue weighted by molar-refractivity contribution is -0.147. The SMILES string of the molecule is CCOCC(CCCOC(=O)C1CCC(=O)N1)(CCCOC(=O)C1CCC(=O)N1)COCC(CCCOC(=O)C1CCC(=O)N1)(CCCOC(=O)C1CCC(=O)N1)COCC.